The second kappa shape index (κ2) is 4.89. The van der Waals surface area contributed by atoms with Crippen LogP contribution in [0.3, 0.4) is 0 Å². The lowest BCUT2D eigenvalue weighted by Crippen LogP contribution is -2.05. The zero-order valence-corrected chi connectivity index (χ0v) is 11.4. The van der Waals surface area contributed by atoms with Crippen LogP contribution in [-0.4, -0.2) is 16.7 Å². The van der Waals surface area contributed by atoms with Crippen LogP contribution in [0, 0.1) is 0 Å². The normalized spacial score (nSPS) is 10.6. The van der Waals surface area contributed by atoms with Gasteiger partial charge >= 0.3 is 0 Å². The van der Waals surface area contributed by atoms with Gasteiger partial charge in [0.15, 0.2) is 0 Å². The van der Waals surface area contributed by atoms with Gasteiger partial charge in [0.25, 0.3) is 0 Å². The molecule has 90 valence electrons. The van der Waals surface area contributed by atoms with Crippen molar-refractivity contribution in [3.63, 3.8) is 0 Å². The second-order valence-corrected chi connectivity index (χ2v) is 4.53. The Morgan fingerprint density at radius 2 is 2.24 bits per heavy atom. The summed E-state index contributed by atoms with van der Waals surface area (Å²) in [4.78, 5) is 4.27. The molecule has 1 aromatic heterocycles. The van der Waals surface area contributed by atoms with Gasteiger partial charge in [0.1, 0.15) is 11.6 Å². The van der Waals surface area contributed by atoms with Crippen LogP contribution in [0.25, 0.3) is 11.3 Å². The molecule has 2 aromatic rings. The lowest BCUT2D eigenvalue weighted by atomic mass is 10.1. The molecule has 0 aliphatic heterocycles. The van der Waals surface area contributed by atoms with Crippen LogP contribution in [0.5, 0.6) is 5.75 Å². The van der Waals surface area contributed by atoms with E-state index in [1.807, 2.05) is 36.0 Å². The summed E-state index contributed by atoms with van der Waals surface area (Å²) in [5.41, 5.74) is 7.72. The molecule has 5 heteroatoms. The molecule has 1 heterocycles. The number of nitrogens with zero attached hydrogens (tertiary/aromatic N) is 2. The van der Waals surface area contributed by atoms with Crippen LogP contribution >= 0.6 is 15.9 Å². The maximum atomic E-state index is 5.61. The summed E-state index contributed by atoms with van der Waals surface area (Å²) >= 11 is 3.47. The molecule has 0 unspecified atom stereocenters. The van der Waals surface area contributed by atoms with Crippen molar-refractivity contribution < 1.29 is 4.74 Å². The Labute approximate surface area is 109 Å². The summed E-state index contributed by atoms with van der Waals surface area (Å²) in [6, 6.07) is 5.94. The van der Waals surface area contributed by atoms with Crippen molar-refractivity contribution in [2.24, 2.45) is 12.8 Å². The number of benzene rings is 1. The Balaban J connectivity index is 2.46. The smallest absolute Gasteiger partial charge is 0.133 e. The van der Waals surface area contributed by atoms with Gasteiger partial charge in [-0.05, 0) is 34.1 Å². The summed E-state index contributed by atoms with van der Waals surface area (Å²) in [7, 11) is 3.61. The monoisotopic (exact) mass is 295 g/mol. The Morgan fingerprint density at radius 3 is 2.76 bits per heavy atom. The molecule has 2 rings (SSSR count). The zero-order valence-electron chi connectivity index (χ0n) is 9.77. The summed E-state index contributed by atoms with van der Waals surface area (Å²) in [6.45, 7) is 0.438. The van der Waals surface area contributed by atoms with E-state index in [0.717, 1.165) is 27.3 Å². The van der Waals surface area contributed by atoms with Gasteiger partial charge in [-0.15, -0.1) is 0 Å². The molecule has 0 aliphatic rings. The number of hydrogen-bond acceptors (Lipinski definition) is 3. The van der Waals surface area contributed by atoms with E-state index in [9.17, 15) is 0 Å². The molecule has 0 saturated carbocycles. The van der Waals surface area contributed by atoms with Gasteiger partial charge < -0.3 is 15.0 Å². The highest BCUT2D eigenvalue weighted by Gasteiger charge is 2.09. The maximum Gasteiger partial charge on any atom is 0.133 e. The van der Waals surface area contributed by atoms with Gasteiger partial charge in [-0.25, -0.2) is 4.98 Å². The minimum atomic E-state index is 0.438. The minimum absolute atomic E-state index is 0.438. The fourth-order valence-corrected chi connectivity index (χ4v) is 2.27. The molecule has 17 heavy (non-hydrogen) atoms. The van der Waals surface area contributed by atoms with Gasteiger partial charge in [-0.3, -0.25) is 0 Å². The number of methoxy groups -OCH3 is 1. The van der Waals surface area contributed by atoms with Crippen LogP contribution < -0.4 is 10.5 Å². The van der Waals surface area contributed by atoms with Crippen molar-refractivity contribution in [2.75, 3.05) is 7.11 Å². The molecule has 0 amide bonds. The average Bonchev–Trinajstić information content (AvgIpc) is 2.70. The topological polar surface area (TPSA) is 53.1 Å². The predicted octanol–water partition coefficient (Wildman–Crippen LogP) is 2.32. The molecule has 1 aromatic carbocycles. The maximum absolute atomic E-state index is 5.61. The number of imidazole rings is 1. The first-order valence-corrected chi connectivity index (χ1v) is 6.01. The third-order valence-corrected chi connectivity index (χ3v) is 3.33. The van der Waals surface area contributed by atoms with Crippen molar-refractivity contribution in [1.82, 2.24) is 9.55 Å². The quantitative estimate of drug-likeness (QED) is 0.945. The molecule has 0 saturated heterocycles. The molecule has 2 N–H and O–H groups in total. The number of aromatic nitrogens is 2. The molecule has 0 fully saturated rings. The van der Waals surface area contributed by atoms with E-state index in [0.29, 0.717) is 6.54 Å². The second-order valence-electron chi connectivity index (χ2n) is 3.67. The number of nitrogens with two attached hydrogens (primary N) is 1. The first-order chi connectivity index (χ1) is 8.17. The third kappa shape index (κ3) is 2.21. The van der Waals surface area contributed by atoms with Crippen LogP contribution in [0.15, 0.2) is 28.9 Å². The zero-order chi connectivity index (χ0) is 12.4. The highest BCUT2D eigenvalue weighted by atomic mass is 79.9. The summed E-state index contributed by atoms with van der Waals surface area (Å²) in [5.74, 6) is 1.68. The van der Waals surface area contributed by atoms with Crippen molar-refractivity contribution in [1.29, 1.82) is 0 Å². The van der Waals surface area contributed by atoms with E-state index < -0.39 is 0 Å². The van der Waals surface area contributed by atoms with Crippen molar-refractivity contribution in [3.8, 4) is 17.0 Å². The predicted molar refractivity (Wildman–Crippen MR) is 70.8 cm³/mol. The number of ether oxygens (including phenoxy) is 1. The van der Waals surface area contributed by atoms with E-state index in [1.54, 1.807) is 7.11 Å². The van der Waals surface area contributed by atoms with E-state index in [4.69, 9.17) is 10.5 Å². The minimum Gasteiger partial charge on any atom is -0.496 e. The highest BCUT2D eigenvalue weighted by molar-refractivity contribution is 9.10. The molecule has 4 nitrogen and oxygen atoms in total. The molecule has 0 atom stereocenters. The third-order valence-electron chi connectivity index (χ3n) is 2.71. The highest BCUT2D eigenvalue weighted by Crippen LogP contribution is 2.30. The number of hydrogen-bond donors (Lipinski definition) is 1. The Kier molecular flexibility index (Phi) is 3.49. The number of rotatable bonds is 3. The standard InChI is InChI=1S/C12H14BrN3O/c1-16-10(7-15-12(16)6-14)8-3-4-11(17-2)9(13)5-8/h3-5,7H,6,14H2,1-2H3. The Hall–Kier alpha value is -1.33. The van der Waals surface area contributed by atoms with Gasteiger partial charge in [-0.1, -0.05) is 0 Å². The fraction of sp³-hybridized carbons (Fsp3) is 0.250. The van der Waals surface area contributed by atoms with Gasteiger partial charge in [0.2, 0.25) is 0 Å². The van der Waals surface area contributed by atoms with E-state index in [1.165, 1.54) is 0 Å². The number of halogens is 1. The average molecular weight is 296 g/mol. The first-order valence-electron chi connectivity index (χ1n) is 5.22. The molecular weight excluding hydrogens is 282 g/mol. The molecule has 0 radical (unpaired) electrons. The Bertz CT molecular complexity index is 537. The molecular formula is C12H14BrN3O. The fourth-order valence-electron chi connectivity index (χ4n) is 1.73. The summed E-state index contributed by atoms with van der Waals surface area (Å²) < 4.78 is 8.12. The SMILES string of the molecule is COc1ccc(-c2cnc(CN)n2C)cc1Br. The summed E-state index contributed by atoms with van der Waals surface area (Å²) in [5, 5.41) is 0. The van der Waals surface area contributed by atoms with E-state index in [2.05, 4.69) is 20.9 Å². The van der Waals surface area contributed by atoms with Gasteiger partial charge in [0, 0.05) is 12.6 Å². The van der Waals surface area contributed by atoms with Crippen LogP contribution in [0.4, 0.5) is 0 Å². The van der Waals surface area contributed by atoms with Crippen LogP contribution in [0.1, 0.15) is 5.82 Å². The van der Waals surface area contributed by atoms with Gasteiger partial charge in [0.05, 0.1) is 30.0 Å². The van der Waals surface area contributed by atoms with E-state index in [-0.39, 0.29) is 0 Å². The van der Waals surface area contributed by atoms with Crippen molar-refractivity contribution in [3.05, 3.63) is 34.7 Å². The Morgan fingerprint density at radius 1 is 1.47 bits per heavy atom. The first kappa shape index (κ1) is 12.1. The lowest BCUT2D eigenvalue weighted by molar-refractivity contribution is 0.412. The lowest BCUT2D eigenvalue weighted by Gasteiger charge is -2.08. The van der Waals surface area contributed by atoms with Crippen LogP contribution in [-0.2, 0) is 13.6 Å². The van der Waals surface area contributed by atoms with E-state index >= 15 is 0 Å². The van der Waals surface area contributed by atoms with Crippen molar-refractivity contribution in [2.45, 2.75) is 6.54 Å². The van der Waals surface area contributed by atoms with Crippen molar-refractivity contribution >= 4 is 15.9 Å². The molecule has 0 spiro atoms. The van der Waals surface area contributed by atoms with Gasteiger partial charge in [-0.2, -0.15) is 0 Å². The van der Waals surface area contributed by atoms with Crippen LogP contribution in [0.2, 0.25) is 0 Å². The summed E-state index contributed by atoms with van der Waals surface area (Å²) in [6.07, 6.45) is 1.83. The molecule has 0 bridgehead atoms. The largest absolute Gasteiger partial charge is 0.496 e. The molecule has 0 aliphatic carbocycles.